The van der Waals surface area contributed by atoms with Gasteiger partial charge in [-0.25, -0.2) is 8.78 Å². The van der Waals surface area contributed by atoms with Crippen molar-refractivity contribution in [3.8, 4) is 5.75 Å². The molecule has 0 aliphatic carbocycles. The summed E-state index contributed by atoms with van der Waals surface area (Å²) in [5.74, 6) is -1.91. The van der Waals surface area contributed by atoms with Crippen molar-refractivity contribution < 1.29 is 18.3 Å². The zero-order valence-electron chi connectivity index (χ0n) is 10.6. The molecule has 0 atom stereocenters. The van der Waals surface area contributed by atoms with Crippen LogP contribution < -0.4 is 4.74 Å². The van der Waals surface area contributed by atoms with Crippen molar-refractivity contribution in [3.63, 3.8) is 0 Å². The number of hydrogen-bond donors (Lipinski definition) is 0. The molecule has 2 aromatic rings. The summed E-state index contributed by atoms with van der Waals surface area (Å²) >= 11 is 5.62. The summed E-state index contributed by atoms with van der Waals surface area (Å²) in [5, 5.41) is -0.137. The standard InChI is InChI=1S/C15H11ClF2O2/c1-20-13-7-2-4-9(14(13)17)8-12(19)10-5-3-6-11(16)15(10)18/h2-7H,8H2,1H3. The molecule has 5 heteroatoms. The van der Waals surface area contributed by atoms with E-state index in [1.54, 1.807) is 6.07 Å². The highest BCUT2D eigenvalue weighted by Gasteiger charge is 2.17. The van der Waals surface area contributed by atoms with Crippen molar-refractivity contribution in [2.75, 3.05) is 7.11 Å². The highest BCUT2D eigenvalue weighted by Crippen LogP contribution is 2.23. The zero-order chi connectivity index (χ0) is 14.7. The SMILES string of the molecule is COc1cccc(CC(=O)c2cccc(Cl)c2F)c1F. The lowest BCUT2D eigenvalue weighted by molar-refractivity contribution is 0.0988. The smallest absolute Gasteiger partial charge is 0.170 e. The maximum Gasteiger partial charge on any atom is 0.170 e. The van der Waals surface area contributed by atoms with Gasteiger partial charge in [-0.15, -0.1) is 0 Å². The van der Waals surface area contributed by atoms with E-state index in [9.17, 15) is 13.6 Å². The van der Waals surface area contributed by atoms with Crippen LogP contribution in [0.1, 0.15) is 15.9 Å². The van der Waals surface area contributed by atoms with Crippen LogP contribution in [0.4, 0.5) is 8.78 Å². The molecule has 0 heterocycles. The van der Waals surface area contributed by atoms with Crippen LogP contribution in [0.15, 0.2) is 36.4 Å². The molecule has 2 nitrogen and oxygen atoms in total. The molecule has 0 spiro atoms. The Labute approximate surface area is 119 Å². The molecule has 0 saturated carbocycles. The van der Waals surface area contributed by atoms with Crippen molar-refractivity contribution in [1.82, 2.24) is 0 Å². The summed E-state index contributed by atoms with van der Waals surface area (Å²) in [6.07, 6.45) is -0.264. The maximum atomic E-state index is 13.9. The van der Waals surface area contributed by atoms with Gasteiger partial charge in [0.1, 0.15) is 0 Å². The van der Waals surface area contributed by atoms with Gasteiger partial charge in [0.2, 0.25) is 0 Å². The predicted octanol–water partition coefficient (Wildman–Crippen LogP) is 4.05. The Hall–Kier alpha value is -1.94. The summed E-state index contributed by atoms with van der Waals surface area (Å²) in [6.45, 7) is 0. The lowest BCUT2D eigenvalue weighted by atomic mass is 10.0. The van der Waals surface area contributed by atoms with Crippen LogP contribution in [0.2, 0.25) is 5.02 Å². The second-order valence-electron chi connectivity index (χ2n) is 4.13. The number of halogens is 3. The minimum absolute atomic E-state index is 0.0434. The summed E-state index contributed by atoms with van der Waals surface area (Å²) in [4.78, 5) is 12.0. The second kappa shape index (κ2) is 6.01. The van der Waals surface area contributed by atoms with Crippen LogP contribution in [-0.2, 0) is 6.42 Å². The number of ketones is 1. The summed E-state index contributed by atoms with van der Waals surface area (Å²) in [6, 6.07) is 8.61. The van der Waals surface area contributed by atoms with Gasteiger partial charge >= 0.3 is 0 Å². The molecule has 0 unspecified atom stereocenters. The Morgan fingerprint density at radius 3 is 2.55 bits per heavy atom. The Morgan fingerprint density at radius 1 is 1.15 bits per heavy atom. The fraction of sp³-hybridized carbons (Fsp3) is 0.133. The Morgan fingerprint density at radius 2 is 1.85 bits per heavy atom. The molecule has 0 N–H and O–H groups in total. The summed E-state index contributed by atoms with van der Waals surface area (Å²) in [7, 11) is 1.33. The van der Waals surface area contributed by atoms with E-state index in [2.05, 4.69) is 0 Å². The highest BCUT2D eigenvalue weighted by molar-refractivity contribution is 6.31. The average molecular weight is 297 g/mol. The number of carbonyl (C=O) groups excluding carboxylic acids is 1. The molecule has 0 aliphatic heterocycles. The Bertz CT molecular complexity index is 656. The molecule has 2 rings (SSSR count). The third-order valence-electron chi connectivity index (χ3n) is 2.87. The normalized spacial score (nSPS) is 10.4. The van der Waals surface area contributed by atoms with Gasteiger partial charge in [0.25, 0.3) is 0 Å². The molecule has 0 aliphatic rings. The number of ether oxygens (including phenoxy) is 1. The lowest BCUT2D eigenvalue weighted by Crippen LogP contribution is -2.08. The van der Waals surface area contributed by atoms with Crippen LogP contribution in [0.25, 0.3) is 0 Å². The third-order valence-corrected chi connectivity index (χ3v) is 3.16. The fourth-order valence-electron chi connectivity index (χ4n) is 1.84. The van der Waals surface area contributed by atoms with E-state index in [1.165, 1.54) is 37.4 Å². The van der Waals surface area contributed by atoms with Crippen molar-refractivity contribution in [2.24, 2.45) is 0 Å². The monoisotopic (exact) mass is 296 g/mol. The van der Waals surface area contributed by atoms with Gasteiger partial charge in [-0.1, -0.05) is 29.8 Å². The first-order valence-corrected chi connectivity index (χ1v) is 6.21. The average Bonchev–Trinajstić information content (AvgIpc) is 2.44. The summed E-state index contributed by atoms with van der Waals surface area (Å²) < 4.78 is 32.5. The molecule has 2 aromatic carbocycles. The highest BCUT2D eigenvalue weighted by atomic mass is 35.5. The van der Waals surface area contributed by atoms with Gasteiger partial charge < -0.3 is 4.74 Å². The molecule has 104 valence electrons. The lowest BCUT2D eigenvalue weighted by Gasteiger charge is -2.07. The first-order chi connectivity index (χ1) is 9.54. The van der Waals surface area contributed by atoms with Gasteiger partial charge in [0.15, 0.2) is 23.2 Å². The number of hydrogen-bond acceptors (Lipinski definition) is 2. The fourth-order valence-corrected chi connectivity index (χ4v) is 2.01. The number of benzene rings is 2. The van der Waals surface area contributed by atoms with Crippen molar-refractivity contribution in [2.45, 2.75) is 6.42 Å². The third kappa shape index (κ3) is 2.80. The van der Waals surface area contributed by atoms with E-state index < -0.39 is 17.4 Å². The quantitative estimate of drug-likeness (QED) is 0.796. The first kappa shape index (κ1) is 14.5. The van der Waals surface area contributed by atoms with E-state index in [-0.39, 0.29) is 28.3 Å². The van der Waals surface area contributed by atoms with Crippen molar-refractivity contribution >= 4 is 17.4 Å². The number of methoxy groups -OCH3 is 1. The second-order valence-corrected chi connectivity index (χ2v) is 4.54. The van der Waals surface area contributed by atoms with E-state index >= 15 is 0 Å². The number of rotatable bonds is 4. The van der Waals surface area contributed by atoms with Crippen LogP contribution in [0.5, 0.6) is 5.75 Å². The molecule has 0 aromatic heterocycles. The molecule has 0 bridgehead atoms. The van der Waals surface area contributed by atoms with E-state index in [4.69, 9.17) is 16.3 Å². The van der Waals surface area contributed by atoms with Gasteiger partial charge in [0, 0.05) is 6.42 Å². The molecular formula is C15H11ClF2O2. The number of carbonyl (C=O) groups is 1. The number of Topliss-reactive ketones (excluding diaryl/α,β-unsaturated/α-hetero) is 1. The van der Waals surface area contributed by atoms with Crippen LogP contribution >= 0.6 is 11.6 Å². The van der Waals surface area contributed by atoms with Crippen LogP contribution in [0, 0.1) is 11.6 Å². The Balaban J connectivity index is 2.31. The largest absolute Gasteiger partial charge is 0.494 e. The van der Waals surface area contributed by atoms with Gasteiger partial charge in [-0.3, -0.25) is 4.79 Å². The minimum Gasteiger partial charge on any atom is -0.494 e. The minimum atomic E-state index is -0.789. The summed E-state index contributed by atoms with van der Waals surface area (Å²) in [5.41, 5.74) is -0.00607. The molecule has 0 saturated heterocycles. The van der Waals surface area contributed by atoms with Gasteiger partial charge in [0.05, 0.1) is 17.7 Å². The zero-order valence-corrected chi connectivity index (χ0v) is 11.4. The van der Waals surface area contributed by atoms with E-state index in [0.29, 0.717) is 0 Å². The van der Waals surface area contributed by atoms with Gasteiger partial charge in [-0.2, -0.15) is 0 Å². The Kier molecular flexibility index (Phi) is 4.35. The van der Waals surface area contributed by atoms with E-state index in [0.717, 1.165) is 0 Å². The molecule has 20 heavy (non-hydrogen) atoms. The molecule has 0 radical (unpaired) electrons. The molecule has 0 amide bonds. The van der Waals surface area contributed by atoms with Crippen LogP contribution in [-0.4, -0.2) is 12.9 Å². The van der Waals surface area contributed by atoms with Gasteiger partial charge in [-0.05, 0) is 23.8 Å². The maximum absolute atomic E-state index is 13.9. The van der Waals surface area contributed by atoms with Crippen LogP contribution in [0.3, 0.4) is 0 Å². The van der Waals surface area contributed by atoms with Crippen molar-refractivity contribution in [1.29, 1.82) is 0 Å². The molecule has 0 fully saturated rings. The predicted molar refractivity (Wildman–Crippen MR) is 72.4 cm³/mol. The van der Waals surface area contributed by atoms with E-state index in [1.807, 2.05) is 0 Å². The van der Waals surface area contributed by atoms with Crippen molar-refractivity contribution in [3.05, 3.63) is 64.2 Å². The topological polar surface area (TPSA) is 26.3 Å². The first-order valence-electron chi connectivity index (χ1n) is 5.83. The molecular weight excluding hydrogens is 286 g/mol.